The number of carbonyl (C=O) groups excluding carboxylic acids is 2. The third-order valence-electron chi connectivity index (χ3n) is 6.04. The summed E-state index contributed by atoms with van der Waals surface area (Å²) in [5.74, 6) is -1.25. The van der Waals surface area contributed by atoms with Gasteiger partial charge in [-0.25, -0.2) is 4.79 Å². The molecule has 1 saturated heterocycles. The van der Waals surface area contributed by atoms with E-state index in [0.29, 0.717) is 17.9 Å². The molecule has 1 saturated carbocycles. The topological polar surface area (TPSA) is 105 Å². The largest absolute Gasteiger partial charge is 0.481 e. The molecule has 0 spiro atoms. The highest BCUT2D eigenvalue weighted by molar-refractivity contribution is 6.08. The van der Waals surface area contributed by atoms with Gasteiger partial charge in [0.1, 0.15) is 17.0 Å². The van der Waals surface area contributed by atoms with Crippen molar-refractivity contribution in [2.45, 2.75) is 24.3 Å². The maximum atomic E-state index is 12.8. The second-order valence-electron chi connectivity index (χ2n) is 7.60. The van der Waals surface area contributed by atoms with Crippen molar-refractivity contribution in [2.24, 2.45) is 11.8 Å². The van der Waals surface area contributed by atoms with Crippen LogP contribution in [0.3, 0.4) is 0 Å². The molecule has 142 valence electrons. The molecule has 3 amide bonds. The zero-order valence-corrected chi connectivity index (χ0v) is 14.8. The van der Waals surface area contributed by atoms with Crippen LogP contribution in [0.15, 0.2) is 48.5 Å². The first-order valence-corrected chi connectivity index (χ1v) is 9.22. The first-order chi connectivity index (χ1) is 13.5. The highest BCUT2D eigenvalue weighted by Gasteiger charge is 2.64. The van der Waals surface area contributed by atoms with Crippen molar-refractivity contribution < 1.29 is 24.2 Å². The van der Waals surface area contributed by atoms with Crippen molar-refractivity contribution in [1.29, 1.82) is 0 Å². The van der Waals surface area contributed by atoms with Gasteiger partial charge in [0.25, 0.3) is 5.91 Å². The van der Waals surface area contributed by atoms with Gasteiger partial charge in [0.2, 0.25) is 0 Å². The molecule has 2 heterocycles. The third-order valence-corrected chi connectivity index (χ3v) is 6.04. The number of hydrogen-bond acceptors (Lipinski definition) is 4. The monoisotopic (exact) mass is 378 g/mol. The van der Waals surface area contributed by atoms with Gasteiger partial charge in [-0.15, -0.1) is 0 Å². The lowest BCUT2D eigenvalue weighted by Crippen LogP contribution is -2.51. The number of hydrogen-bond donors (Lipinski definition) is 3. The van der Waals surface area contributed by atoms with E-state index in [-0.39, 0.29) is 12.3 Å². The number of urea groups is 1. The standard InChI is InChI=1S/C21H18N2O5/c24-18(25)13-9-15(13)21(19(26)22-20(27)23-21)10-14-11-5-1-3-7-16(11)28-17-8-4-2-6-12(14)17/h1-8,13-15H,9-10H2,(H,24,25)(H2,22,23,26,27). The molecule has 3 aliphatic rings. The summed E-state index contributed by atoms with van der Waals surface area (Å²) < 4.78 is 6.01. The lowest BCUT2D eigenvalue weighted by molar-refractivity contribution is -0.139. The summed E-state index contributed by atoms with van der Waals surface area (Å²) in [6, 6.07) is 14.6. The Bertz CT molecular complexity index is 974. The number of rotatable bonds is 4. The zero-order chi connectivity index (χ0) is 19.5. The van der Waals surface area contributed by atoms with Crippen LogP contribution < -0.4 is 15.4 Å². The van der Waals surface area contributed by atoms with Crippen molar-refractivity contribution in [3.63, 3.8) is 0 Å². The van der Waals surface area contributed by atoms with Crippen LogP contribution >= 0.6 is 0 Å². The molecule has 28 heavy (non-hydrogen) atoms. The zero-order valence-electron chi connectivity index (χ0n) is 14.8. The first kappa shape index (κ1) is 16.8. The van der Waals surface area contributed by atoms with E-state index in [0.717, 1.165) is 11.1 Å². The Hall–Kier alpha value is -3.35. The van der Waals surface area contributed by atoms with Gasteiger partial charge >= 0.3 is 12.0 Å². The number of carboxylic acid groups (broad SMARTS) is 1. The summed E-state index contributed by atoms with van der Waals surface area (Å²) >= 11 is 0. The maximum Gasteiger partial charge on any atom is 0.322 e. The molecule has 3 N–H and O–H groups in total. The smallest absolute Gasteiger partial charge is 0.322 e. The number of para-hydroxylation sites is 2. The van der Waals surface area contributed by atoms with E-state index >= 15 is 0 Å². The predicted octanol–water partition coefficient (Wildman–Crippen LogP) is 2.61. The number of carbonyl (C=O) groups is 3. The van der Waals surface area contributed by atoms with E-state index < -0.39 is 35.3 Å². The van der Waals surface area contributed by atoms with Crippen molar-refractivity contribution in [1.82, 2.24) is 10.6 Å². The second-order valence-corrected chi connectivity index (χ2v) is 7.60. The first-order valence-electron chi connectivity index (χ1n) is 9.22. The van der Waals surface area contributed by atoms with E-state index in [1.807, 2.05) is 48.5 Å². The molecule has 1 aliphatic carbocycles. The minimum absolute atomic E-state index is 0.208. The normalized spacial score (nSPS) is 27.9. The van der Waals surface area contributed by atoms with Gasteiger partial charge in [0, 0.05) is 23.0 Å². The van der Waals surface area contributed by atoms with Gasteiger partial charge in [0.15, 0.2) is 0 Å². The Balaban J connectivity index is 1.60. The van der Waals surface area contributed by atoms with E-state index in [1.54, 1.807) is 0 Å². The molecule has 3 atom stereocenters. The number of carboxylic acids is 1. The van der Waals surface area contributed by atoms with Crippen LogP contribution in [0.4, 0.5) is 4.79 Å². The maximum absolute atomic E-state index is 12.8. The molecule has 2 fully saturated rings. The van der Waals surface area contributed by atoms with Gasteiger partial charge in [-0.1, -0.05) is 36.4 Å². The third kappa shape index (κ3) is 2.39. The van der Waals surface area contributed by atoms with Gasteiger partial charge in [-0.2, -0.15) is 0 Å². The number of fused-ring (bicyclic) bond motifs is 2. The molecule has 7 nitrogen and oxygen atoms in total. The summed E-state index contributed by atoms with van der Waals surface area (Å²) in [6.45, 7) is 0. The van der Waals surface area contributed by atoms with E-state index in [9.17, 15) is 19.5 Å². The Morgan fingerprint density at radius 2 is 1.68 bits per heavy atom. The summed E-state index contributed by atoms with van der Waals surface area (Å²) in [7, 11) is 0. The quantitative estimate of drug-likeness (QED) is 0.710. The van der Waals surface area contributed by atoms with Crippen molar-refractivity contribution >= 4 is 17.9 Å². The van der Waals surface area contributed by atoms with Crippen LogP contribution in [0.1, 0.15) is 29.9 Å². The van der Waals surface area contributed by atoms with Crippen LogP contribution in [0.2, 0.25) is 0 Å². The molecule has 0 aromatic heterocycles. The molecule has 2 aromatic rings. The van der Waals surface area contributed by atoms with E-state index in [4.69, 9.17) is 4.74 Å². The van der Waals surface area contributed by atoms with Crippen LogP contribution in [-0.4, -0.2) is 28.6 Å². The fourth-order valence-electron chi connectivity index (χ4n) is 4.62. The summed E-state index contributed by atoms with van der Waals surface area (Å²) in [5.41, 5.74) is 0.589. The van der Waals surface area contributed by atoms with Crippen molar-refractivity contribution in [3.8, 4) is 11.5 Å². The van der Waals surface area contributed by atoms with Crippen LogP contribution in [0.25, 0.3) is 0 Å². The number of benzene rings is 2. The fourth-order valence-corrected chi connectivity index (χ4v) is 4.62. The average Bonchev–Trinajstić information content (AvgIpc) is 3.43. The van der Waals surface area contributed by atoms with Gasteiger partial charge in [-0.3, -0.25) is 14.9 Å². The van der Waals surface area contributed by atoms with Crippen LogP contribution in [0, 0.1) is 11.8 Å². The number of aliphatic carboxylic acids is 1. The van der Waals surface area contributed by atoms with E-state index in [1.165, 1.54) is 0 Å². The lowest BCUT2D eigenvalue weighted by atomic mass is 9.75. The van der Waals surface area contributed by atoms with E-state index in [2.05, 4.69) is 10.6 Å². The highest BCUT2D eigenvalue weighted by atomic mass is 16.5. The van der Waals surface area contributed by atoms with Crippen molar-refractivity contribution in [3.05, 3.63) is 59.7 Å². The van der Waals surface area contributed by atoms with Gasteiger partial charge in [0.05, 0.1) is 5.92 Å². The number of ether oxygens (including phenoxy) is 1. The average molecular weight is 378 g/mol. The highest BCUT2D eigenvalue weighted by Crippen LogP contribution is 2.54. The molecule has 2 aromatic carbocycles. The summed E-state index contributed by atoms with van der Waals surface area (Å²) in [5, 5.41) is 14.5. The molecule has 5 rings (SSSR count). The van der Waals surface area contributed by atoms with Gasteiger partial charge < -0.3 is 15.2 Å². The second kappa shape index (κ2) is 5.82. The Morgan fingerprint density at radius 1 is 1.07 bits per heavy atom. The Morgan fingerprint density at radius 3 is 2.18 bits per heavy atom. The number of imide groups is 1. The molecule has 0 bridgehead atoms. The van der Waals surface area contributed by atoms with Crippen molar-refractivity contribution in [2.75, 3.05) is 0 Å². The predicted molar refractivity (Wildman–Crippen MR) is 98.1 cm³/mol. The fraction of sp³-hybridized carbons (Fsp3) is 0.286. The Labute approximate surface area is 160 Å². The molecular formula is C21H18N2O5. The van der Waals surface area contributed by atoms with Crippen LogP contribution in [-0.2, 0) is 9.59 Å². The molecule has 2 aliphatic heterocycles. The minimum Gasteiger partial charge on any atom is -0.481 e. The molecule has 7 heteroatoms. The minimum atomic E-state index is -1.25. The number of nitrogens with one attached hydrogen (secondary N) is 2. The SMILES string of the molecule is O=C1NC(=O)C(CC2c3ccccc3Oc3ccccc32)(C2CC2C(=O)O)N1. The summed E-state index contributed by atoms with van der Waals surface area (Å²) in [6.07, 6.45) is 0.645. The lowest BCUT2D eigenvalue weighted by Gasteiger charge is -2.35. The number of amides is 3. The molecule has 3 unspecified atom stereocenters. The summed E-state index contributed by atoms with van der Waals surface area (Å²) in [4.78, 5) is 36.3. The van der Waals surface area contributed by atoms with Crippen LogP contribution in [0.5, 0.6) is 11.5 Å². The van der Waals surface area contributed by atoms with Gasteiger partial charge in [-0.05, 0) is 25.0 Å². The Kier molecular flexibility index (Phi) is 3.49. The molecular weight excluding hydrogens is 360 g/mol. The molecule has 0 radical (unpaired) electrons.